The Balaban J connectivity index is 0.000000196. The monoisotopic (exact) mass is 969 g/mol. The first kappa shape index (κ1) is 47.8. The molecule has 67 heavy (non-hydrogen) atoms. The lowest BCUT2D eigenvalue weighted by molar-refractivity contribution is -0.105. The number of carbonyl (C=O) groups excluding carboxylic acids is 4. The van der Waals surface area contributed by atoms with Crippen molar-refractivity contribution in [3.8, 4) is 0 Å². The summed E-state index contributed by atoms with van der Waals surface area (Å²) < 4.78 is 37.4. The quantitative estimate of drug-likeness (QED) is 0.112. The Kier molecular flexibility index (Phi) is 14.5. The number of rotatable bonds is 10. The van der Waals surface area contributed by atoms with Gasteiger partial charge in [-0.05, 0) is 121 Å². The Morgan fingerprint density at radius 3 is 1.54 bits per heavy atom. The van der Waals surface area contributed by atoms with Gasteiger partial charge in [-0.2, -0.15) is 14.5 Å². The summed E-state index contributed by atoms with van der Waals surface area (Å²) >= 11 is 2.95. The third-order valence-electron chi connectivity index (χ3n) is 12.4. The van der Waals surface area contributed by atoms with E-state index in [9.17, 15) is 27.6 Å². The highest BCUT2D eigenvalue weighted by atomic mass is 32.2. The zero-order valence-corrected chi connectivity index (χ0v) is 41.1. The van der Waals surface area contributed by atoms with Gasteiger partial charge < -0.3 is 25.6 Å². The number of benzene rings is 2. The fourth-order valence-corrected chi connectivity index (χ4v) is 12.6. The lowest BCUT2D eigenvalue weighted by atomic mass is 9.96. The summed E-state index contributed by atoms with van der Waals surface area (Å²) in [6, 6.07) is 17.9. The zero-order chi connectivity index (χ0) is 47.5. The number of amides is 4. The summed E-state index contributed by atoms with van der Waals surface area (Å²) in [4.78, 5) is 53.6. The van der Waals surface area contributed by atoms with Gasteiger partial charge in [0.1, 0.15) is 15.3 Å². The van der Waals surface area contributed by atoms with Crippen LogP contribution in [0, 0.1) is 13.8 Å². The molecule has 16 nitrogen and oxygen atoms in total. The summed E-state index contributed by atoms with van der Waals surface area (Å²) in [7, 11) is -3.74. The molecule has 4 amide bonds. The van der Waals surface area contributed by atoms with Gasteiger partial charge in [0.15, 0.2) is 0 Å². The summed E-state index contributed by atoms with van der Waals surface area (Å²) in [6.07, 6.45) is 12.2. The molecule has 1 aliphatic heterocycles. The lowest BCUT2D eigenvalue weighted by Crippen LogP contribution is -2.51. The van der Waals surface area contributed by atoms with E-state index >= 15 is 0 Å². The molecule has 4 aromatic heterocycles. The van der Waals surface area contributed by atoms with Crippen LogP contribution in [-0.2, 0) is 19.6 Å². The molecule has 0 atom stereocenters. The molecule has 5 heterocycles. The van der Waals surface area contributed by atoms with Gasteiger partial charge in [0, 0.05) is 54.0 Å². The third-order valence-corrected chi connectivity index (χ3v) is 16.6. The summed E-state index contributed by atoms with van der Waals surface area (Å²) in [5.74, 6) is -0.355. The van der Waals surface area contributed by atoms with Crippen LogP contribution in [0.3, 0.4) is 0 Å². The van der Waals surface area contributed by atoms with Crippen LogP contribution < -0.4 is 16.0 Å². The molecular weight excluding hydrogens is 911 g/mol. The van der Waals surface area contributed by atoms with Crippen molar-refractivity contribution < 1.29 is 32.3 Å². The molecule has 3 fully saturated rings. The number of aromatic nitrogens is 4. The lowest BCUT2D eigenvalue weighted by Gasteiger charge is -2.35. The molecule has 356 valence electrons. The number of fused-ring (bicyclic) bond motifs is 2. The molecule has 2 aliphatic carbocycles. The van der Waals surface area contributed by atoms with E-state index in [1.165, 1.54) is 82.5 Å². The predicted molar refractivity (Wildman–Crippen MR) is 264 cm³/mol. The molecule has 19 heteroatoms. The molecule has 9 rings (SSSR count). The van der Waals surface area contributed by atoms with E-state index in [2.05, 4.69) is 25.3 Å². The first-order valence-electron chi connectivity index (χ1n) is 23.1. The summed E-state index contributed by atoms with van der Waals surface area (Å²) in [5.41, 5.74) is 3.20. The van der Waals surface area contributed by atoms with Crippen molar-refractivity contribution in [3.05, 3.63) is 81.8 Å². The number of aryl methyl sites for hydroxylation is 2. The molecule has 0 spiro atoms. The van der Waals surface area contributed by atoms with Crippen LogP contribution in [0.2, 0.25) is 0 Å². The predicted octanol–water partition coefficient (Wildman–Crippen LogP) is 10.1. The van der Waals surface area contributed by atoms with Gasteiger partial charge >= 0.3 is 6.09 Å². The van der Waals surface area contributed by atoms with Crippen LogP contribution in [0.15, 0.2) is 65.6 Å². The van der Waals surface area contributed by atoms with Crippen molar-refractivity contribution in [2.45, 2.75) is 121 Å². The van der Waals surface area contributed by atoms with Crippen molar-refractivity contribution in [3.63, 3.8) is 0 Å². The number of nitrogens with zero attached hydrogens (tertiary/aromatic N) is 6. The number of anilines is 3. The van der Waals surface area contributed by atoms with Crippen LogP contribution in [0.1, 0.15) is 128 Å². The molecule has 2 saturated carbocycles. The van der Waals surface area contributed by atoms with E-state index in [4.69, 9.17) is 14.9 Å². The molecule has 1 saturated heterocycles. The molecule has 3 aliphatic rings. The second-order valence-corrected chi connectivity index (χ2v) is 22.4. The van der Waals surface area contributed by atoms with E-state index in [1.807, 2.05) is 26.0 Å². The molecule has 0 unspecified atom stereocenters. The molecule has 2 aromatic carbocycles. The first-order valence-corrected chi connectivity index (χ1v) is 26.1. The highest BCUT2D eigenvalue weighted by molar-refractivity contribution is 7.89. The van der Waals surface area contributed by atoms with E-state index in [0.717, 1.165) is 57.5 Å². The van der Waals surface area contributed by atoms with E-state index < -0.39 is 21.7 Å². The Morgan fingerprint density at radius 2 is 1.10 bits per heavy atom. The van der Waals surface area contributed by atoms with Gasteiger partial charge in [-0.1, -0.05) is 38.5 Å². The fourth-order valence-electron chi connectivity index (χ4n) is 8.91. The molecule has 3 N–H and O–H groups in total. The van der Waals surface area contributed by atoms with Crippen molar-refractivity contribution in [1.29, 1.82) is 0 Å². The van der Waals surface area contributed by atoms with Gasteiger partial charge in [0.25, 0.3) is 11.8 Å². The van der Waals surface area contributed by atoms with Gasteiger partial charge in [0.05, 0.1) is 38.1 Å². The number of thiophene rings is 2. The van der Waals surface area contributed by atoms with Crippen LogP contribution in [0.5, 0.6) is 0 Å². The van der Waals surface area contributed by atoms with Crippen molar-refractivity contribution >= 4 is 94.5 Å². The minimum Gasteiger partial charge on any atom is -0.444 e. The Bertz CT molecular complexity index is 2840. The van der Waals surface area contributed by atoms with Crippen LogP contribution in [-0.4, -0.2) is 93.3 Å². The minimum absolute atomic E-state index is 0.123. The largest absolute Gasteiger partial charge is 0.444 e. The summed E-state index contributed by atoms with van der Waals surface area (Å²) in [6.45, 7) is 10.3. The maximum absolute atomic E-state index is 13.2. The Morgan fingerprint density at radius 1 is 0.672 bits per heavy atom. The number of piperazine rings is 1. The van der Waals surface area contributed by atoms with Gasteiger partial charge in [-0.15, -0.1) is 22.7 Å². The average molecular weight is 970 g/mol. The first-order chi connectivity index (χ1) is 32.1. The SMILES string of the molecule is Cc1nn(C2CCCCC2)c2sc(C(=O)Nc3ccc(NC=O)cc3)cc12.Cc1nn(C2CCCCC2)c2sc(C(=O)Nc3ccc(S(=O)(=O)N4CCN(C(=O)OC(C)(C)C)CC4)cc3)cc12. The highest BCUT2D eigenvalue weighted by Gasteiger charge is 2.32. The van der Waals surface area contributed by atoms with Crippen LogP contribution in [0.25, 0.3) is 20.4 Å². The van der Waals surface area contributed by atoms with Crippen molar-refractivity contribution in [2.75, 3.05) is 42.1 Å². The van der Waals surface area contributed by atoms with Gasteiger partial charge in [0.2, 0.25) is 16.4 Å². The molecule has 0 radical (unpaired) electrons. The number of sulfonamides is 1. The maximum atomic E-state index is 13.2. The fraction of sp³-hybridized carbons (Fsp3) is 0.458. The van der Waals surface area contributed by atoms with E-state index in [-0.39, 0.29) is 42.9 Å². The van der Waals surface area contributed by atoms with Crippen LogP contribution >= 0.6 is 22.7 Å². The minimum atomic E-state index is -3.74. The number of hydrogen-bond donors (Lipinski definition) is 3. The third kappa shape index (κ3) is 11.1. The van der Waals surface area contributed by atoms with E-state index in [1.54, 1.807) is 57.2 Å². The standard InChI is InChI=1S/C28H37N5O5S2.C20H22N4O2S/c1-19-23-18-24(39-26(23)33(30-19)21-8-6-5-7-9-21)25(34)29-20-10-12-22(13-11-20)40(36,37)32-16-14-31(15-17-32)27(35)38-28(2,3)4;1-13-17-11-18(19(26)22-15-9-7-14(8-10-15)21-12-25)27-20(17)24(23-13)16-5-3-2-4-6-16/h10-13,18,21H,5-9,14-17H2,1-4H3,(H,29,34);7-12,16H,2-6H2,1H3,(H,21,25)(H,22,26). The van der Waals surface area contributed by atoms with Gasteiger partial charge in [-0.25, -0.2) is 13.2 Å². The van der Waals surface area contributed by atoms with Gasteiger partial charge in [-0.3, -0.25) is 23.7 Å². The normalized spacial score (nSPS) is 16.6. The number of nitrogens with one attached hydrogen (secondary N) is 3. The highest BCUT2D eigenvalue weighted by Crippen LogP contribution is 2.37. The average Bonchev–Trinajstić information content (AvgIpc) is 4.10. The number of carbonyl (C=O) groups is 4. The Hall–Kier alpha value is -5.63. The second-order valence-electron chi connectivity index (χ2n) is 18.4. The molecular formula is C48H59N9O7S3. The second kappa shape index (κ2) is 20.3. The zero-order valence-electron chi connectivity index (χ0n) is 38.7. The molecule has 0 bridgehead atoms. The smallest absolute Gasteiger partial charge is 0.410 e. The van der Waals surface area contributed by atoms with Crippen LogP contribution in [0.4, 0.5) is 21.9 Å². The summed E-state index contributed by atoms with van der Waals surface area (Å²) in [5, 5.41) is 20.0. The number of hydrogen-bond acceptors (Lipinski definition) is 11. The number of ether oxygens (including phenoxy) is 1. The van der Waals surface area contributed by atoms with E-state index in [0.29, 0.717) is 45.3 Å². The van der Waals surface area contributed by atoms with Crippen molar-refractivity contribution in [2.24, 2.45) is 0 Å². The topological polar surface area (TPSA) is 190 Å². The maximum Gasteiger partial charge on any atom is 0.410 e. The van der Waals surface area contributed by atoms with Crippen molar-refractivity contribution in [1.82, 2.24) is 28.8 Å². The molecule has 6 aromatic rings. The Labute approximate surface area is 399 Å².